The minimum atomic E-state index is -3.81. The van der Waals surface area contributed by atoms with Gasteiger partial charge in [0, 0.05) is 17.1 Å². The van der Waals surface area contributed by atoms with Gasteiger partial charge in [0.05, 0.1) is 17.5 Å². The number of thiazole rings is 1. The summed E-state index contributed by atoms with van der Waals surface area (Å²) in [5.41, 5.74) is -0.0554. The van der Waals surface area contributed by atoms with Gasteiger partial charge in [0.25, 0.3) is 0 Å². The Bertz CT molecular complexity index is 702. The number of sulfonamides is 1. The highest BCUT2D eigenvalue weighted by atomic mass is 32.2. The normalized spacial score (nSPS) is 13.3. The molecule has 2 rings (SSSR count). The molecule has 114 valence electrons. The van der Waals surface area contributed by atoms with Crippen molar-refractivity contribution in [3.05, 3.63) is 46.2 Å². The number of hydrogen-bond acceptors (Lipinski definition) is 5. The zero-order valence-electron chi connectivity index (χ0n) is 11.3. The van der Waals surface area contributed by atoms with Crippen LogP contribution < -0.4 is 4.72 Å². The molecule has 0 bridgehead atoms. The standard InChI is InChI=1S/C13H15FN2O3S2/c1-2-12(13-15-5-6-20-13)16-21(18,19)10-3-4-11(14)9(7-10)8-17/h3-7,12,16-17H,2,8H2,1H3. The molecule has 0 radical (unpaired) electrons. The van der Waals surface area contributed by atoms with Crippen molar-refractivity contribution in [3.63, 3.8) is 0 Å². The van der Waals surface area contributed by atoms with Crippen molar-refractivity contribution in [3.8, 4) is 0 Å². The first kappa shape index (κ1) is 16.0. The second kappa shape index (κ2) is 6.61. The van der Waals surface area contributed by atoms with Crippen molar-refractivity contribution in [1.82, 2.24) is 9.71 Å². The molecule has 0 fully saturated rings. The molecule has 0 aliphatic rings. The molecule has 0 saturated heterocycles. The molecular weight excluding hydrogens is 315 g/mol. The first-order chi connectivity index (χ1) is 9.97. The topological polar surface area (TPSA) is 79.3 Å². The summed E-state index contributed by atoms with van der Waals surface area (Å²) in [6.07, 6.45) is 2.15. The van der Waals surface area contributed by atoms with Gasteiger partial charge in [0.1, 0.15) is 10.8 Å². The van der Waals surface area contributed by atoms with Crippen LogP contribution in [0.1, 0.15) is 30.0 Å². The van der Waals surface area contributed by atoms with Crippen LogP contribution in [-0.4, -0.2) is 18.5 Å². The zero-order chi connectivity index (χ0) is 15.5. The van der Waals surface area contributed by atoms with Gasteiger partial charge < -0.3 is 5.11 Å². The van der Waals surface area contributed by atoms with Gasteiger partial charge in [-0.3, -0.25) is 0 Å². The van der Waals surface area contributed by atoms with Crippen molar-refractivity contribution < 1.29 is 17.9 Å². The Balaban J connectivity index is 2.29. The van der Waals surface area contributed by atoms with E-state index >= 15 is 0 Å². The third-order valence-electron chi connectivity index (χ3n) is 2.95. The van der Waals surface area contributed by atoms with Gasteiger partial charge in [-0.25, -0.2) is 22.5 Å². The summed E-state index contributed by atoms with van der Waals surface area (Å²) >= 11 is 1.36. The van der Waals surface area contributed by atoms with Gasteiger partial charge in [-0.2, -0.15) is 0 Å². The summed E-state index contributed by atoms with van der Waals surface area (Å²) in [5, 5.41) is 11.5. The molecule has 0 aliphatic carbocycles. The van der Waals surface area contributed by atoms with Gasteiger partial charge >= 0.3 is 0 Å². The van der Waals surface area contributed by atoms with E-state index in [0.29, 0.717) is 11.4 Å². The van der Waals surface area contributed by atoms with E-state index in [1.807, 2.05) is 6.92 Å². The van der Waals surface area contributed by atoms with Crippen LogP contribution in [0.25, 0.3) is 0 Å². The summed E-state index contributed by atoms with van der Waals surface area (Å²) < 4.78 is 40.6. The van der Waals surface area contributed by atoms with Crippen LogP contribution in [0.4, 0.5) is 4.39 Å². The van der Waals surface area contributed by atoms with Gasteiger partial charge in [-0.05, 0) is 24.6 Å². The highest BCUT2D eigenvalue weighted by Crippen LogP contribution is 2.22. The quantitative estimate of drug-likeness (QED) is 0.851. The fourth-order valence-corrected chi connectivity index (χ4v) is 3.99. The lowest BCUT2D eigenvalue weighted by atomic mass is 10.2. The highest BCUT2D eigenvalue weighted by molar-refractivity contribution is 7.89. The number of rotatable bonds is 6. The van der Waals surface area contributed by atoms with Crippen LogP contribution in [0.2, 0.25) is 0 Å². The monoisotopic (exact) mass is 330 g/mol. The number of aliphatic hydroxyl groups is 1. The minimum absolute atomic E-state index is 0.0554. The molecule has 1 heterocycles. The Kier molecular flexibility index (Phi) is 5.04. The molecule has 2 N–H and O–H groups in total. The third-order valence-corrected chi connectivity index (χ3v) is 5.31. The van der Waals surface area contributed by atoms with E-state index in [9.17, 15) is 12.8 Å². The molecule has 0 amide bonds. The second-order valence-corrected chi connectivity index (χ2v) is 7.00. The number of aliphatic hydroxyl groups excluding tert-OH is 1. The Morgan fingerprint density at radius 2 is 2.24 bits per heavy atom. The fraction of sp³-hybridized carbons (Fsp3) is 0.308. The molecule has 0 spiro atoms. The van der Waals surface area contributed by atoms with Crippen molar-refractivity contribution in [1.29, 1.82) is 0 Å². The van der Waals surface area contributed by atoms with Gasteiger partial charge in [0.15, 0.2) is 0 Å². The van der Waals surface area contributed by atoms with Crippen LogP contribution in [0.15, 0.2) is 34.7 Å². The van der Waals surface area contributed by atoms with E-state index in [2.05, 4.69) is 9.71 Å². The number of benzene rings is 1. The van der Waals surface area contributed by atoms with E-state index in [4.69, 9.17) is 5.11 Å². The van der Waals surface area contributed by atoms with Crippen molar-refractivity contribution in [2.45, 2.75) is 30.9 Å². The average molecular weight is 330 g/mol. The number of halogens is 1. The third kappa shape index (κ3) is 3.65. The summed E-state index contributed by atoms with van der Waals surface area (Å²) in [6, 6.07) is 2.90. The van der Waals surface area contributed by atoms with Gasteiger partial charge in [0.2, 0.25) is 10.0 Å². The first-order valence-electron chi connectivity index (χ1n) is 6.29. The SMILES string of the molecule is CCC(NS(=O)(=O)c1ccc(F)c(CO)c1)c1nccs1. The minimum Gasteiger partial charge on any atom is -0.392 e. The van der Waals surface area contributed by atoms with E-state index in [1.54, 1.807) is 11.6 Å². The Morgan fingerprint density at radius 3 is 2.81 bits per heavy atom. The van der Waals surface area contributed by atoms with E-state index in [1.165, 1.54) is 17.4 Å². The Labute approximate surface area is 126 Å². The number of nitrogens with zero attached hydrogens (tertiary/aromatic N) is 1. The zero-order valence-corrected chi connectivity index (χ0v) is 12.9. The van der Waals surface area contributed by atoms with Crippen LogP contribution >= 0.6 is 11.3 Å². The average Bonchev–Trinajstić information content (AvgIpc) is 2.99. The predicted molar refractivity (Wildman–Crippen MR) is 77.8 cm³/mol. The number of hydrogen-bond donors (Lipinski definition) is 2. The molecule has 1 unspecified atom stereocenters. The van der Waals surface area contributed by atoms with Crippen LogP contribution in [0.3, 0.4) is 0 Å². The molecule has 5 nitrogen and oxygen atoms in total. The summed E-state index contributed by atoms with van der Waals surface area (Å²) in [5.74, 6) is -0.636. The van der Waals surface area contributed by atoms with Crippen molar-refractivity contribution >= 4 is 21.4 Å². The lowest BCUT2D eigenvalue weighted by Crippen LogP contribution is -2.28. The fourth-order valence-electron chi connectivity index (χ4n) is 1.81. The molecule has 0 aliphatic heterocycles. The first-order valence-corrected chi connectivity index (χ1v) is 8.65. The predicted octanol–water partition coefficient (Wildman–Crippen LogP) is 2.20. The van der Waals surface area contributed by atoms with E-state index < -0.39 is 28.5 Å². The Hall–Kier alpha value is -1.35. The molecule has 0 saturated carbocycles. The molecule has 8 heteroatoms. The highest BCUT2D eigenvalue weighted by Gasteiger charge is 2.22. The van der Waals surface area contributed by atoms with Gasteiger partial charge in [-0.1, -0.05) is 6.92 Å². The molecular formula is C13H15FN2O3S2. The number of aromatic nitrogens is 1. The van der Waals surface area contributed by atoms with Crippen molar-refractivity contribution in [2.24, 2.45) is 0 Å². The second-order valence-electron chi connectivity index (χ2n) is 4.36. The molecule has 1 aromatic carbocycles. The molecule has 2 aromatic rings. The lowest BCUT2D eigenvalue weighted by Gasteiger charge is -2.15. The van der Waals surface area contributed by atoms with Crippen LogP contribution in [0, 0.1) is 5.82 Å². The van der Waals surface area contributed by atoms with Crippen molar-refractivity contribution in [2.75, 3.05) is 0 Å². The van der Waals surface area contributed by atoms with E-state index in [0.717, 1.165) is 12.1 Å². The molecule has 21 heavy (non-hydrogen) atoms. The summed E-state index contributed by atoms with van der Waals surface area (Å²) in [7, 11) is -3.81. The van der Waals surface area contributed by atoms with Crippen LogP contribution in [-0.2, 0) is 16.6 Å². The van der Waals surface area contributed by atoms with Crippen LogP contribution in [0.5, 0.6) is 0 Å². The number of nitrogens with one attached hydrogen (secondary N) is 1. The molecule has 1 aromatic heterocycles. The summed E-state index contributed by atoms with van der Waals surface area (Å²) in [4.78, 5) is 4.02. The largest absolute Gasteiger partial charge is 0.392 e. The van der Waals surface area contributed by atoms with E-state index in [-0.39, 0.29) is 10.5 Å². The van der Waals surface area contributed by atoms with Gasteiger partial charge in [-0.15, -0.1) is 11.3 Å². The maximum absolute atomic E-state index is 13.3. The Morgan fingerprint density at radius 1 is 1.48 bits per heavy atom. The lowest BCUT2D eigenvalue weighted by molar-refractivity contribution is 0.275. The molecule has 1 atom stereocenters. The smallest absolute Gasteiger partial charge is 0.241 e. The maximum Gasteiger partial charge on any atom is 0.241 e. The maximum atomic E-state index is 13.3. The summed E-state index contributed by atoms with van der Waals surface area (Å²) in [6.45, 7) is 1.29.